The Morgan fingerprint density at radius 2 is 1.96 bits per heavy atom. The Morgan fingerprint density at radius 3 is 2.74 bits per heavy atom. The summed E-state index contributed by atoms with van der Waals surface area (Å²) in [6.07, 6.45) is 2.29. The molecular weight excluding hydrogens is 342 g/mol. The first-order chi connectivity index (χ1) is 13.1. The van der Waals surface area contributed by atoms with Crippen LogP contribution < -0.4 is 5.32 Å². The second kappa shape index (κ2) is 6.00. The van der Waals surface area contributed by atoms with Gasteiger partial charge >= 0.3 is 0 Å². The molecule has 3 heterocycles. The molecule has 8 heteroatoms. The number of rotatable bonds is 5. The monoisotopic (exact) mass is 363 g/mol. The van der Waals surface area contributed by atoms with E-state index in [0.29, 0.717) is 23.6 Å². The summed E-state index contributed by atoms with van der Waals surface area (Å²) in [7, 11) is 0. The molecule has 4 aromatic rings. The third-order valence-corrected chi connectivity index (χ3v) is 4.90. The van der Waals surface area contributed by atoms with Gasteiger partial charge in [0.1, 0.15) is 11.9 Å². The Kier molecular flexibility index (Phi) is 3.60. The zero-order valence-corrected chi connectivity index (χ0v) is 15.5. The van der Waals surface area contributed by atoms with Crippen LogP contribution in [0, 0.1) is 12.8 Å². The van der Waals surface area contributed by atoms with Crippen LogP contribution >= 0.6 is 0 Å². The van der Waals surface area contributed by atoms with Gasteiger partial charge in [0.15, 0.2) is 11.5 Å². The topological polar surface area (TPSA) is 94.0 Å². The molecule has 3 aromatic heterocycles. The average Bonchev–Trinajstić information content (AvgIpc) is 3.25. The highest BCUT2D eigenvalue weighted by atomic mass is 16.5. The Labute approximate surface area is 156 Å². The summed E-state index contributed by atoms with van der Waals surface area (Å²) < 4.78 is 7.32. The number of hydrogen-bond donors (Lipinski definition) is 1. The van der Waals surface area contributed by atoms with Crippen LogP contribution in [0.3, 0.4) is 0 Å². The van der Waals surface area contributed by atoms with Crippen molar-refractivity contribution < 1.29 is 4.52 Å². The molecule has 1 fully saturated rings. The summed E-state index contributed by atoms with van der Waals surface area (Å²) in [5, 5.41) is 13.1. The number of aryl methyl sites for hydroxylation is 1. The third kappa shape index (κ3) is 2.81. The van der Waals surface area contributed by atoms with Crippen LogP contribution in [0.5, 0.6) is 0 Å². The minimum Gasteiger partial charge on any atom is -0.342 e. The van der Waals surface area contributed by atoms with Crippen molar-refractivity contribution in [3.8, 4) is 0 Å². The number of benzene rings is 1. The van der Waals surface area contributed by atoms with Crippen LogP contribution in [0.2, 0.25) is 0 Å². The first-order valence-corrected chi connectivity index (χ1v) is 9.32. The summed E-state index contributed by atoms with van der Waals surface area (Å²) in [5.41, 5.74) is 1.65. The fourth-order valence-electron chi connectivity index (χ4n) is 3.29. The molecule has 0 radical (unpaired) electrons. The fraction of sp³-hybridized carbons (Fsp3) is 0.421. The van der Waals surface area contributed by atoms with Crippen molar-refractivity contribution in [1.29, 1.82) is 0 Å². The largest absolute Gasteiger partial charge is 0.342 e. The van der Waals surface area contributed by atoms with Crippen molar-refractivity contribution in [3.63, 3.8) is 0 Å². The maximum absolute atomic E-state index is 5.57. The molecule has 0 saturated heterocycles. The molecule has 8 nitrogen and oxygen atoms in total. The van der Waals surface area contributed by atoms with Gasteiger partial charge in [-0.05, 0) is 37.8 Å². The second-order valence-electron chi connectivity index (χ2n) is 7.48. The molecule has 27 heavy (non-hydrogen) atoms. The van der Waals surface area contributed by atoms with E-state index < -0.39 is 0 Å². The van der Waals surface area contributed by atoms with E-state index in [1.807, 2.05) is 31.2 Å². The van der Waals surface area contributed by atoms with Crippen LogP contribution in [0.25, 0.3) is 16.6 Å². The Hall–Kier alpha value is -3.03. The molecule has 1 aliphatic carbocycles. The molecule has 0 amide bonds. The second-order valence-corrected chi connectivity index (χ2v) is 7.48. The predicted molar refractivity (Wildman–Crippen MR) is 100 cm³/mol. The van der Waals surface area contributed by atoms with Gasteiger partial charge in [-0.1, -0.05) is 31.1 Å². The van der Waals surface area contributed by atoms with Crippen LogP contribution in [-0.2, 0) is 0 Å². The molecule has 0 bridgehead atoms. The van der Waals surface area contributed by atoms with Gasteiger partial charge in [-0.3, -0.25) is 0 Å². The van der Waals surface area contributed by atoms with E-state index in [-0.39, 0.29) is 12.0 Å². The van der Waals surface area contributed by atoms with E-state index in [1.165, 1.54) is 0 Å². The quantitative estimate of drug-likeness (QED) is 0.578. The number of para-hydroxylation sites is 1. The lowest BCUT2D eigenvalue weighted by atomic mass is 10.0. The van der Waals surface area contributed by atoms with Crippen LogP contribution in [-0.4, -0.2) is 29.7 Å². The molecule has 1 aliphatic rings. The van der Waals surface area contributed by atoms with Crippen molar-refractivity contribution in [2.24, 2.45) is 5.92 Å². The van der Waals surface area contributed by atoms with Gasteiger partial charge in [0.2, 0.25) is 11.8 Å². The Bertz CT molecular complexity index is 1130. The highest BCUT2D eigenvalue weighted by Gasteiger charge is 2.31. The first kappa shape index (κ1) is 16.2. The Balaban J connectivity index is 1.59. The first-order valence-electron chi connectivity index (χ1n) is 9.32. The molecular formula is C19H21N7O. The minimum atomic E-state index is -0.161. The predicted octanol–water partition coefficient (Wildman–Crippen LogP) is 3.66. The van der Waals surface area contributed by atoms with E-state index in [1.54, 1.807) is 4.52 Å². The van der Waals surface area contributed by atoms with E-state index >= 15 is 0 Å². The summed E-state index contributed by atoms with van der Waals surface area (Å²) in [5.74, 6) is 3.40. The standard InChI is InChI=1S/C19H21N7O/c1-10(2)15(18-23-16(25-27-18)12-8-9-12)22-19-21-14-7-5-4-6-13(14)17-20-11(3)24-26(17)19/h4-7,10,12,15H,8-9H2,1-3H3,(H,21,22). The lowest BCUT2D eigenvalue weighted by Crippen LogP contribution is -2.20. The molecule has 1 atom stereocenters. The number of nitrogens with one attached hydrogen (secondary N) is 1. The molecule has 1 unspecified atom stereocenters. The van der Waals surface area contributed by atoms with Gasteiger partial charge in [0.05, 0.1) is 5.52 Å². The van der Waals surface area contributed by atoms with E-state index in [0.717, 1.165) is 35.2 Å². The van der Waals surface area contributed by atoms with Gasteiger partial charge in [0, 0.05) is 11.3 Å². The summed E-state index contributed by atoms with van der Waals surface area (Å²) in [4.78, 5) is 14.0. The minimum absolute atomic E-state index is 0.161. The van der Waals surface area contributed by atoms with Crippen LogP contribution in [0.1, 0.15) is 56.2 Å². The van der Waals surface area contributed by atoms with Crippen molar-refractivity contribution in [3.05, 3.63) is 41.8 Å². The number of nitrogens with zero attached hydrogens (tertiary/aromatic N) is 6. The normalized spacial score (nSPS) is 15.7. The van der Waals surface area contributed by atoms with Gasteiger partial charge in [-0.15, -0.1) is 5.10 Å². The molecule has 0 aliphatic heterocycles. The lowest BCUT2D eigenvalue weighted by Gasteiger charge is -2.19. The SMILES string of the molecule is Cc1nc2c3ccccc3nc(NC(c3nc(C4CC4)no3)C(C)C)n2n1. The van der Waals surface area contributed by atoms with E-state index in [2.05, 4.69) is 39.4 Å². The van der Waals surface area contributed by atoms with Gasteiger partial charge in [-0.2, -0.15) is 9.50 Å². The number of hydrogen-bond acceptors (Lipinski definition) is 7. The van der Waals surface area contributed by atoms with Crippen molar-refractivity contribution >= 4 is 22.5 Å². The number of anilines is 1. The molecule has 0 spiro atoms. The molecule has 1 saturated carbocycles. The maximum Gasteiger partial charge on any atom is 0.249 e. The summed E-state index contributed by atoms with van der Waals surface area (Å²) in [6, 6.07) is 7.78. The van der Waals surface area contributed by atoms with Gasteiger partial charge in [0.25, 0.3) is 0 Å². The molecule has 138 valence electrons. The van der Waals surface area contributed by atoms with Crippen LogP contribution in [0.4, 0.5) is 5.95 Å². The van der Waals surface area contributed by atoms with Crippen molar-refractivity contribution in [2.75, 3.05) is 5.32 Å². The molecule has 1 aromatic carbocycles. The summed E-state index contributed by atoms with van der Waals surface area (Å²) in [6.45, 7) is 6.11. The lowest BCUT2D eigenvalue weighted by molar-refractivity contribution is 0.332. The van der Waals surface area contributed by atoms with E-state index in [4.69, 9.17) is 9.51 Å². The fourth-order valence-corrected chi connectivity index (χ4v) is 3.29. The molecule has 1 N–H and O–H groups in total. The van der Waals surface area contributed by atoms with E-state index in [9.17, 15) is 0 Å². The Morgan fingerprint density at radius 1 is 1.15 bits per heavy atom. The summed E-state index contributed by atoms with van der Waals surface area (Å²) >= 11 is 0. The smallest absolute Gasteiger partial charge is 0.249 e. The molecule has 5 rings (SSSR count). The highest BCUT2D eigenvalue weighted by molar-refractivity contribution is 5.92. The van der Waals surface area contributed by atoms with Gasteiger partial charge in [-0.25, -0.2) is 9.97 Å². The number of aromatic nitrogens is 6. The maximum atomic E-state index is 5.57. The van der Waals surface area contributed by atoms with Crippen molar-refractivity contribution in [2.45, 2.75) is 45.6 Å². The number of fused-ring (bicyclic) bond motifs is 3. The zero-order valence-electron chi connectivity index (χ0n) is 15.5. The van der Waals surface area contributed by atoms with Crippen LogP contribution in [0.15, 0.2) is 28.8 Å². The van der Waals surface area contributed by atoms with Crippen molar-refractivity contribution in [1.82, 2.24) is 29.7 Å². The van der Waals surface area contributed by atoms with Gasteiger partial charge < -0.3 is 9.84 Å². The highest BCUT2D eigenvalue weighted by Crippen LogP contribution is 2.39. The zero-order chi connectivity index (χ0) is 18.5. The third-order valence-electron chi connectivity index (χ3n) is 4.90. The average molecular weight is 363 g/mol.